The molecule has 2 aromatic carbocycles. The fraction of sp³-hybridized carbons (Fsp3) is 0.273. The van der Waals surface area contributed by atoms with Gasteiger partial charge in [0.05, 0.1) is 6.04 Å². The molecule has 0 radical (unpaired) electrons. The van der Waals surface area contributed by atoms with Crippen LogP contribution >= 0.6 is 0 Å². The minimum absolute atomic E-state index is 0.0563. The van der Waals surface area contributed by atoms with E-state index in [4.69, 9.17) is 0 Å². The van der Waals surface area contributed by atoms with Gasteiger partial charge in [-0.3, -0.25) is 4.90 Å². The molecule has 1 atom stereocenters. The first-order chi connectivity index (χ1) is 12.2. The molecule has 3 aromatic rings. The molecule has 0 saturated heterocycles. The van der Waals surface area contributed by atoms with Crippen molar-refractivity contribution in [1.29, 1.82) is 0 Å². The van der Waals surface area contributed by atoms with Crippen LogP contribution in [0.3, 0.4) is 0 Å². The standard InChI is InChI=1S/C22H23FN2/c1-17-7-4-8-18(15-17)16-25-14-6-13-24-12-5-11-21(24)22(25)19-9-2-3-10-20(19)23/h2-5,7-12,15,22H,6,13-14,16H2,1H3. The maximum absolute atomic E-state index is 14.6. The summed E-state index contributed by atoms with van der Waals surface area (Å²) in [5.41, 5.74) is 4.48. The highest BCUT2D eigenvalue weighted by molar-refractivity contribution is 5.31. The Morgan fingerprint density at radius 2 is 1.88 bits per heavy atom. The average molecular weight is 334 g/mol. The minimum atomic E-state index is -0.128. The summed E-state index contributed by atoms with van der Waals surface area (Å²) >= 11 is 0. The van der Waals surface area contributed by atoms with Crippen LogP contribution in [-0.4, -0.2) is 16.0 Å². The third-order valence-electron chi connectivity index (χ3n) is 5.02. The summed E-state index contributed by atoms with van der Waals surface area (Å²) in [4.78, 5) is 2.41. The molecule has 2 nitrogen and oxygen atoms in total. The number of rotatable bonds is 3. The highest BCUT2D eigenvalue weighted by atomic mass is 19.1. The van der Waals surface area contributed by atoms with Crippen molar-refractivity contribution >= 4 is 0 Å². The number of nitrogens with zero attached hydrogens (tertiary/aromatic N) is 2. The van der Waals surface area contributed by atoms with Gasteiger partial charge in [-0.2, -0.15) is 0 Å². The van der Waals surface area contributed by atoms with Crippen molar-refractivity contribution < 1.29 is 4.39 Å². The van der Waals surface area contributed by atoms with Crippen molar-refractivity contribution in [1.82, 2.24) is 9.47 Å². The van der Waals surface area contributed by atoms with Crippen LogP contribution in [0, 0.1) is 12.7 Å². The number of fused-ring (bicyclic) bond motifs is 1. The van der Waals surface area contributed by atoms with Crippen LogP contribution in [0.1, 0.15) is 34.8 Å². The fourth-order valence-electron chi connectivity index (χ4n) is 3.91. The second kappa shape index (κ2) is 6.85. The second-order valence-electron chi connectivity index (χ2n) is 6.86. The van der Waals surface area contributed by atoms with Gasteiger partial charge in [0.1, 0.15) is 5.82 Å². The smallest absolute Gasteiger partial charge is 0.128 e. The van der Waals surface area contributed by atoms with E-state index in [0.29, 0.717) is 0 Å². The lowest BCUT2D eigenvalue weighted by atomic mass is 10.00. The Balaban J connectivity index is 1.77. The normalized spacial score (nSPS) is 17.9. The van der Waals surface area contributed by atoms with Crippen LogP contribution in [-0.2, 0) is 13.1 Å². The number of benzene rings is 2. The monoisotopic (exact) mass is 334 g/mol. The van der Waals surface area contributed by atoms with E-state index in [-0.39, 0.29) is 11.9 Å². The van der Waals surface area contributed by atoms with Crippen LogP contribution in [0.2, 0.25) is 0 Å². The van der Waals surface area contributed by atoms with Gasteiger partial charge >= 0.3 is 0 Å². The zero-order chi connectivity index (χ0) is 17.2. The zero-order valence-corrected chi connectivity index (χ0v) is 14.5. The number of hydrogen-bond donors (Lipinski definition) is 0. The van der Waals surface area contributed by atoms with E-state index in [1.165, 1.54) is 16.8 Å². The maximum Gasteiger partial charge on any atom is 0.128 e. The van der Waals surface area contributed by atoms with Crippen molar-refractivity contribution in [3.05, 3.63) is 95.1 Å². The summed E-state index contributed by atoms with van der Waals surface area (Å²) < 4.78 is 16.9. The van der Waals surface area contributed by atoms with Crippen molar-refractivity contribution in [2.24, 2.45) is 0 Å². The Labute approximate surface area is 148 Å². The van der Waals surface area contributed by atoms with Crippen molar-refractivity contribution in [2.45, 2.75) is 32.5 Å². The Kier molecular flexibility index (Phi) is 4.41. The molecule has 1 aliphatic rings. The zero-order valence-electron chi connectivity index (χ0n) is 14.5. The Morgan fingerprint density at radius 1 is 1.00 bits per heavy atom. The number of aryl methyl sites for hydroxylation is 2. The molecule has 1 aliphatic heterocycles. The van der Waals surface area contributed by atoms with Gasteiger partial charge in [-0.1, -0.05) is 48.0 Å². The van der Waals surface area contributed by atoms with Gasteiger partial charge in [0, 0.05) is 37.1 Å². The summed E-state index contributed by atoms with van der Waals surface area (Å²) in [6, 6.07) is 19.9. The van der Waals surface area contributed by atoms with Crippen LogP contribution in [0.4, 0.5) is 4.39 Å². The minimum Gasteiger partial charge on any atom is -0.350 e. The molecule has 0 amide bonds. The lowest BCUT2D eigenvalue weighted by molar-refractivity contribution is 0.216. The molecule has 128 valence electrons. The molecular weight excluding hydrogens is 311 g/mol. The Morgan fingerprint density at radius 3 is 2.72 bits per heavy atom. The summed E-state index contributed by atoms with van der Waals surface area (Å²) in [6.07, 6.45) is 3.18. The van der Waals surface area contributed by atoms with Crippen LogP contribution in [0.15, 0.2) is 66.9 Å². The molecule has 25 heavy (non-hydrogen) atoms. The molecule has 1 aromatic heterocycles. The molecule has 1 unspecified atom stereocenters. The molecule has 3 heteroatoms. The molecule has 0 bridgehead atoms. The van der Waals surface area contributed by atoms with Crippen molar-refractivity contribution in [3.63, 3.8) is 0 Å². The van der Waals surface area contributed by atoms with Gasteiger partial charge in [0.25, 0.3) is 0 Å². The third-order valence-corrected chi connectivity index (χ3v) is 5.02. The summed E-state index contributed by atoms with van der Waals surface area (Å²) in [5.74, 6) is -0.128. The predicted octanol–water partition coefficient (Wildman–Crippen LogP) is 4.93. The predicted molar refractivity (Wildman–Crippen MR) is 98.9 cm³/mol. The first kappa shape index (κ1) is 16.1. The van der Waals surface area contributed by atoms with Crippen LogP contribution < -0.4 is 0 Å². The SMILES string of the molecule is Cc1cccc(CN2CCCn3cccc3C2c2ccccc2F)c1. The van der Waals surface area contributed by atoms with Crippen LogP contribution in [0.25, 0.3) is 0 Å². The highest BCUT2D eigenvalue weighted by Gasteiger charge is 2.29. The largest absolute Gasteiger partial charge is 0.350 e. The summed E-state index contributed by atoms with van der Waals surface area (Å²) in [5, 5.41) is 0. The van der Waals surface area contributed by atoms with E-state index in [1.54, 1.807) is 12.1 Å². The van der Waals surface area contributed by atoms with Crippen LogP contribution in [0.5, 0.6) is 0 Å². The number of aromatic nitrogens is 1. The van der Waals surface area contributed by atoms with Gasteiger partial charge in [0.15, 0.2) is 0 Å². The van der Waals surface area contributed by atoms with Crippen molar-refractivity contribution in [3.8, 4) is 0 Å². The van der Waals surface area contributed by atoms with Gasteiger partial charge in [-0.25, -0.2) is 4.39 Å². The first-order valence-corrected chi connectivity index (χ1v) is 8.91. The van der Waals surface area contributed by atoms with Gasteiger partial charge in [0.2, 0.25) is 0 Å². The van der Waals surface area contributed by atoms with E-state index < -0.39 is 0 Å². The second-order valence-corrected chi connectivity index (χ2v) is 6.86. The Hall–Kier alpha value is -2.39. The molecule has 0 N–H and O–H groups in total. The number of hydrogen-bond acceptors (Lipinski definition) is 1. The molecule has 0 fully saturated rings. The van der Waals surface area contributed by atoms with Gasteiger partial charge in [-0.15, -0.1) is 0 Å². The quantitative estimate of drug-likeness (QED) is 0.659. The lowest BCUT2D eigenvalue weighted by Gasteiger charge is -2.31. The lowest BCUT2D eigenvalue weighted by Crippen LogP contribution is -2.30. The Bertz CT molecular complexity index is 868. The molecule has 0 aliphatic carbocycles. The third kappa shape index (κ3) is 3.24. The topological polar surface area (TPSA) is 8.17 Å². The summed E-state index contributed by atoms with van der Waals surface area (Å²) in [7, 11) is 0. The van der Waals surface area contributed by atoms with Crippen molar-refractivity contribution in [2.75, 3.05) is 6.54 Å². The van der Waals surface area contributed by atoms with E-state index in [2.05, 4.69) is 59.0 Å². The van der Waals surface area contributed by atoms with E-state index in [9.17, 15) is 4.39 Å². The first-order valence-electron chi connectivity index (χ1n) is 8.91. The van der Waals surface area contributed by atoms with Gasteiger partial charge in [-0.05, 0) is 37.1 Å². The van der Waals surface area contributed by atoms with E-state index in [0.717, 1.165) is 31.6 Å². The van der Waals surface area contributed by atoms with E-state index in [1.807, 2.05) is 12.1 Å². The molecule has 0 spiro atoms. The summed E-state index contributed by atoms with van der Waals surface area (Å²) in [6.45, 7) is 4.88. The highest BCUT2D eigenvalue weighted by Crippen LogP contribution is 2.34. The number of halogens is 1. The molecule has 2 heterocycles. The molecule has 0 saturated carbocycles. The molecular formula is C22H23FN2. The average Bonchev–Trinajstić information content (AvgIpc) is 2.98. The van der Waals surface area contributed by atoms with E-state index >= 15 is 0 Å². The molecule has 4 rings (SSSR count). The maximum atomic E-state index is 14.6. The van der Waals surface area contributed by atoms with Gasteiger partial charge < -0.3 is 4.57 Å². The fourth-order valence-corrected chi connectivity index (χ4v) is 3.91.